The number of hydrogen-bond donors (Lipinski definition) is 1. The van der Waals surface area contributed by atoms with E-state index in [1.807, 2.05) is 38.1 Å². The number of rotatable bonds is 3. The number of aliphatic carboxylic acids is 1. The van der Waals surface area contributed by atoms with E-state index in [1.54, 1.807) is 6.08 Å². The average molecular weight is 190 g/mol. The van der Waals surface area contributed by atoms with Crippen molar-refractivity contribution in [2.45, 2.75) is 20.3 Å². The maximum absolute atomic E-state index is 10.4. The topological polar surface area (TPSA) is 37.3 Å². The lowest BCUT2D eigenvalue weighted by atomic mass is 10.0. The summed E-state index contributed by atoms with van der Waals surface area (Å²) < 4.78 is 0. The van der Waals surface area contributed by atoms with Gasteiger partial charge in [-0.2, -0.15) is 0 Å². The predicted molar refractivity (Wildman–Crippen MR) is 57.1 cm³/mol. The molecule has 0 radical (unpaired) electrons. The van der Waals surface area contributed by atoms with Gasteiger partial charge in [0.25, 0.3) is 0 Å². The van der Waals surface area contributed by atoms with Crippen LogP contribution in [0, 0.1) is 6.92 Å². The van der Waals surface area contributed by atoms with Gasteiger partial charge in [0.2, 0.25) is 0 Å². The fourth-order valence-electron chi connectivity index (χ4n) is 1.25. The SMILES string of the molecule is C/C(=C\CC(=O)O)c1cccc(C)c1. The number of benzene rings is 1. The molecule has 0 aliphatic rings. The normalized spacial score (nSPS) is 11.4. The minimum absolute atomic E-state index is 0.0831. The second-order valence-electron chi connectivity index (χ2n) is 3.35. The van der Waals surface area contributed by atoms with Crippen molar-refractivity contribution in [2.75, 3.05) is 0 Å². The molecule has 2 nitrogen and oxygen atoms in total. The molecule has 0 aliphatic heterocycles. The van der Waals surface area contributed by atoms with E-state index < -0.39 is 5.97 Å². The number of carboxylic acid groups (broad SMARTS) is 1. The first-order chi connectivity index (χ1) is 6.59. The Labute approximate surface area is 83.9 Å². The van der Waals surface area contributed by atoms with Crippen LogP contribution in [0.4, 0.5) is 0 Å². The predicted octanol–water partition coefficient (Wildman–Crippen LogP) is 2.87. The number of aryl methyl sites for hydroxylation is 1. The summed E-state index contributed by atoms with van der Waals surface area (Å²) >= 11 is 0. The molecule has 0 aliphatic carbocycles. The van der Waals surface area contributed by atoms with Crippen molar-refractivity contribution in [3.63, 3.8) is 0 Å². The quantitative estimate of drug-likeness (QED) is 0.795. The van der Waals surface area contributed by atoms with Crippen molar-refractivity contribution in [3.8, 4) is 0 Å². The Morgan fingerprint density at radius 3 is 2.79 bits per heavy atom. The highest BCUT2D eigenvalue weighted by Crippen LogP contribution is 2.15. The lowest BCUT2D eigenvalue weighted by Crippen LogP contribution is -1.91. The number of hydrogen-bond acceptors (Lipinski definition) is 1. The fourth-order valence-corrected chi connectivity index (χ4v) is 1.25. The lowest BCUT2D eigenvalue weighted by molar-refractivity contribution is -0.135. The van der Waals surface area contributed by atoms with Crippen LogP contribution in [-0.2, 0) is 4.79 Å². The van der Waals surface area contributed by atoms with Gasteiger partial charge in [-0.3, -0.25) is 4.79 Å². The smallest absolute Gasteiger partial charge is 0.307 e. The van der Waals surface area contributed by atoms with Gasteiger partial charge in [-0.25, -0.2) is 0 Å². The molecule has 1 aromatic rings. The molecule has 1 rings (SSSR count). The summed E-state index contributed by atoms with van der Waals surface area (Å²) in [7, 11) is 0. The zero-order chi connectivity index (χ0) is 10.6. The Hall–Kier alpha value is -1.57. The molecule has 0 unspecified atom stereocenters. The molecule has 0 aromatic heterocycles. The zero-order valence-corrected chi connectivity index (χ0v) is 8.45. The molecule has 2 heteroatoms. The molecule has 0 heterocycles. The molecule has 14 heavy (non-hydrogen) atoms. The molecule has 1 N–H and O–H groups in total. The highest BCUT2D eigenvalue weighted by Gasteiger charge is 1.97. The summed E-state index contributed by atoms with van der Waals surface area (Å²) in [6.07, 6.45) is 1.82. The molecular weight excluding hydrogens is 176 g/mol. The van der Waals surface area contributed by atoms with Crippen LogP contribution in [0.2, 0.25) is 0 Å². The third kappa shape index (κ3) is 3.05. The fraction of sp³-hybridized carbons (Fsp3) is 0.250. The van der Waals surface area contributed by atoms with Crippen molar-refractivity contribution < 1.29 is 9.90 Å². The van der Waals surface area contributed by atoms with Gasteiger partial charge in [-0.15, -0.1) is 0 Å². The summed E-state index contributed by atoms with van der Waals surface area (Å²) in [4.78, 5) is 10.4. The Morgan fingerprint density at radius 1 is 1.50 bits per heavy atom. The largest absolute Gasteiger partial charge is 0.481 e. The zero-order valence-electron chi connectivity index (χ0n) is 8.45. The third-order valence-corrected chi connectivity index (χ3v) is 2.06. The number of carboxylic acids is 1. The molecule has 0 fully saturated rings. The highest BCUT2D eigenvalue weighted by atomic mass is 16.4. The van der Waals surface area contributed by atoms with Gasteiger partial charge in [0.05, 0.1) is 6.42 Å². The monoisotopic (exact) mass is 190 g/mol. The third-order valence-electron chi connectivity index (χ3n) is 2.06. The van der Waals surface area contributed by atoms with Crippen molar-refractivity contribution in [3.05, 3.63) is 41.5 Å². The van der Waals surface area contributed by atoms with E-state index in [1.165, 1.54) is 5.56 Å². The Kier molecular flexibility index (Phi) is 3.46. The average Bonchev–Trinajstić information content (AvgIpc) is 2.14. The Bertz CT molecular complexity index is 364. The van der Waals surface area contributed by atoms with Crippen LogP contribution in [0.5, 0.6) is 0 Å². The molecule has 74 valence electrons. The second-order valence-corrected chi connectivity index (χ2v) is 3.35. The van der Waals surface area contributed by atoms with Gasteiger partial charge in [-0.05, 0) is 25.0 Å². The van der Waals surface area contributed by atoms with Crippen molar-refractivity contribution in [2.24, 2.45) is 0 Å². The van der Waals surface area contributed by atoms with E-state index in [4.69, 9.17) is 5.11 Å². The molecule has 0 saturated carbocycles. The number of allylic oxidation sites excluding steroid dienone is 1. The highest BCUT2D eigenvalue weighted by molar-refractivity contribution is 5.73. The van der Waals surface area contributed by atoms with Crippen LogP contribution in [-0.4, -0.2) is 11.1 Å². The van der Waals surface area contributed by atoms with E-state index in [0.717, 1.165) is 11.1 Å². The molecule has 0 saturated heterocycles. The molecule has 0 amide bonds. The minimum atomic E-state index is -0.794. The van der Waals surface area contributed by atoms with Crippen LogP contribution in [0.1, 0.15) is 24.5 Å². The molecular formula is C12H14O2. The molecule has 0 bridgehead atoms. The van der Waals surface area contributed by atoms with Crippen molar-refractivity contribution in [1.29, 1.82) is 0 Å². The van der Waals surface area contributed by atoms with Crippen LogP contribution in [0.3, 0.4) is 0 Å². The van der Waals surface area contributed by atoms with Gasteiger partial charge < -0.3 is 5.11 Å². The molecule has 0 atom stereocenters. The van der Waals surface area contributed by atoms with E-state index in [-0.39, 0.29) is 6.42 Å². The minimum Gasteiger partial charge on any atom is -0.481 e. The second kappa shape index (κ2) is 4.61. The Balaban J connectivity index is 2.83. The first-order valence-corrected chi connectivity index (χ1v) is 4.55. The van der Waals surface area contributed by atoms with Crippen molar-refractivity contribution in [1.82, 2.24) is 0 Å². The molecule has 1 aromatic carbocycles. The summed E-state index contributed by atoms with van der Waals surface area (Å²) in [6, 6.07) is 8.03. The van der Waals surface area contributed by atoms with Gasteiger partial charge in [-0.1, -0.05) is 35.9 Å². The maximum Gasteiger partial charge on any atom is 0.307 e. The van der Waals surface area contributed by atoms with E-state index in [0.29, 0.717) is 0 Å². The summed E-state index contributed by atoms with van der Waals surface area (Å²) in [6.45, 7) is 3.95. The van der Waals surface area contributed by atoms with Crippen LogP contribution < -0.4 is 0 Å². The van der Waals surface area contributed by atoms with Crippen LogP contribution in [0.15, 0.2) is 30.3 Å². The first-order valence-electron chi connectivity index (χ1n) is 4.55. The van der Waals surface area contributed by atoms with Gasteiger partial charge in [0.15, 0.2) is 0 Å². The summed E-state index contributed by atoms with van der Waals surface area (Å²) in [5, 5.41) is 8.52. The summed E-state index contributed by atoms with van der Waals surface area (Å²) in [5.41, 5.74) is 3.29. The lowest BCUT2D eigenvalue weighted by Gasteiger charge is -2.01. The van der Waals surface area contributed by atoms with E-state index in [2.05, 4.69) is 0 Å². The first kappa shape index (κ1) is 10.5. The molecule has 0 spiro atoms. The van der Waals surface area contributed by atoms with Crippen molar-refractivity contribution >= 4 is 11.5 Å². The van der Waals surface area contributed by atoms with E-state index in [9.17, 15) is 4.79 Å². The van der Waals surface area contributed by atoms with Crippen LogP contribution >= 0.6 is 0 Å². The van der Waals surface area contributed by atoms with Gasteiger partial charge >= 0.3 is 5.97 Å². The number of carbonyl (C=O) groups is 1. The standard InChI is InChI=1S/C12H14O2/c1-9-4-3-5-11(8-9)10(2)6-7-12(13)14/h3-6,8H,7H2,1-2H3,(H,13,14)/b10-6+. The van der Waals surface area contributed by atoms with E-state index >= 15 is 0 Å². The Morgan fingerprint density at radius 2 is 2.21 bits per heavy atom. The summed E-state index contributed by atoms with van der Waals surface area (Å²) in [5.74, 6) is -0.794. The maximum atomic E-state index is 10.4. The van der Waals surface area contributed by atoms with Gasteiger partial charge in [0.1, 0.15) is 0 Å². The van der Waals surface area contributed by atoms with Gasteiger partial charge in [0, 0.05) is 0 Å². The van der Waals surface area contributed by atoms with Crippen LogP contribution in [0.25, 0.3) is 5.57 Å².